The molecule has 0 spiro atoms. The number of nitrogens with zero attached hydrogens (tertiary/aromatic N) is 3. The average molecular weight is 291 g/mol. The predicted octanol–water partition coefficient (Wildman–Crippen LogP) is 1.85. The zero-order chi connectivity index (χ0) is 15.2. The number of rotatable bonds is 5. The lowest BCUT2D eigenvalue weighted by Crippen LogP contribution is -2.52. The van der Waals surface area contributed by atoms with Crippen LogP contribution >= 0.6 is 0 Å². The molecule has 0 aliphatic carbocycles. The SMILES string of the molecule is COCCN1CCN(Cc2cc(C#N)ccc2F)C[C@H]1C. The molecule has 1 aromatic carbocycles. The first-order valence-corrected chi connectivity index (χ1v) is 7.28. The molecule has 1 aliphatic rings. The molecular formula is C16H22FN3O. The Morgan fingerprint density at radius 3 is 2.90 bits per heavy atom. The summed E-state index contributed by atoms with van der Waals surface area (Å²) in [6, 6.07) is 7.04. The molecule has 114 valence electrons. The molecule has 0 radical (unpaired) electrons. The van der Waals surface area contributed by atoms with Crippen LogP contribution in [0, 0.1) is 17.1 Å². The highest BCUT2D eigenvalue weighted by Crippen LogP contribution is 2.16. The van der Waals surface area contributed by atoms with Crippen LogP contribution in [0.2, 0.25) is 0 Å². The molecule has 1 fully saturated rings. The molecule has 0 N–H and O–H groups in total. The van der Waals surface area contributed by atoms with Crippen LogP contribution in [0.3, 0.4) is 0 Å². The molecule has 0 amide bonds. The van der Waals surface area contributed by atoms with Gasteiger partial charge in [-0.1, -0.05) is 0 Å². The van der Waals surface area contributed by atoms with Crippen molar-refractivity contribution < 1.29 is 9.13 Å². The fraction of sp³-hybridized carbons (Fsp3) is 0.562. The van der Waals surface area contributed by atoms with E-state index in [4.69, 9.17) is 10.00 Å². The van der Waals surface area contributed by atoms with Crippen LogP contribution in [-0.2, 0) is 11.3 Å². The number of hydrogen-bond donors (Lipinski definition) is 0. The summed E-state index contributed by atoms with van der Waals surface area (Å²) in [5.41, 5.74) is 1.12. The highest BCUT2D eigenvalue weighted by Gasteiger charge is 2.23. The smallest absolute Gasteiger partial charge is 0.127 e. The van der Waals surface area contributed by atoms with Gasteiger partial charge in [0.15, 0.2) is 0 Å². The van der Waals surface area contributed by atoms with E-state index in [1.54, 1.807) is 13.2 Å². The number of ether oxygens (including phenoxy) is 1. The van der Waals surface area contributed by atoms with Gasteiger partial charge < -0.3 is 4.74 Å². The minimum Gasteiger partial charge on any atom is -0.383 e. The number of piperazine rings is 1. The number of benzene rings is 1. The van der Waals surface area contributed by atoms with Crippen LogP contribution < -0.4 is 0 Å². The van der Waals surface area contributed by atoms with Crippen molar-refractivity contribution in [2.75, 3.05) is 39.9 Å². The Labute approximate surface area is 125 Å². The Morgan fingerprint density at radius 2 is 2.24 bits per heavy atom. The summed E-state index contributed by atoms with van der Waals surface area (Å²) in [7, 11) is 1.71. The molecule has 0 bridgehead atoms. The zero-order valence-electron chi connectivity index (χ0n) is 12.7. The van der Waals surface area contributed by atoms with Gasteiger partial charge in [-0.15, -0.1) is 0 Å². The third-order valence-electron chi connectivity index (χ3n) is 4.00. The molecule has 21 heavy (non-hydrogen) atoms. The summed E-state index contributed by atoms with van der Waals surface area (Å²) in [6.07, 6.45) is 0. The van der Waals surface area contributed by atoms with Crippen molar-refractivity contribution in [3.05, 3.63) is 35.1 Å². The Kier molecular flexibility index (Phi) is 5.68. The molecule has 0 saturated carbocycles. The monoisotopic (exact) mass is 291 g/mol. The lowest BCUT2D eigenvalue weighted by atomic mass is 10.1. The summed E-state index contributed by atoms with van der Waals surface area (Å²) in [5.74, 6) is -0.233. The van der Waals surface area contributed by atoms with E-state index in [2.05, 4.69) is 22.8 Å². The van der Waals surface area contributed by atoms with Gasteiger partial charge in [-0.05, 0) is 25.1 Å². The van der Waals surface area contributed by atoms with Gasteiger partial charge in [-0.2, -0.15) is 5.26 Å². The molecule has 1 aromatic rings. The summed E-state index contributed by atoms with van der Waals surface area (Å²) < 4.78 is 19.0. The first-order chi connectivity index (χ1) is 10.1. The fourth-order valence-electron chi connectivity index (χ4n) is 2.76. The van der Waals surface area contributed by atoms with Crippen molar-refractivity contribution in [2.24, 2.45) is 0 Å². The van der Waals surface area contributed by atoms with Crippen LogP contribution in [0.5, 0.6) is 0 Å². The van der Waals surface area contributed by atoms with E-state index in [1.807, 2.05) is 0 Å². The van der Waals surface area contributed by atoms with Crippen molar-refractivity contribution in [1.82, 2.24) is 9.80 Å². The van der Waals surface area contributed by atoms with Gasteiger partial charge in [0.2, 0.25) is 0 Å². The van der Waals surface area contributed by atoms with Gasteiger partial charge >= 0.3 is 0 Å². The molecule has 1 saturated heterocycles. The number of methoxy groups -OCH3 is 1. The van der Waals surface area contributed by atoms with E-state index >= 15 is 0 Å². The molecule has 0 unspecified atom stereocenters. The second-order valence-corrected chi connectivity index (χ2v) is 5.53. The highest BCUT2D eigenvalue weighted by atomic mass is 19.1. The molecule has 1 aliphatic heterocycles. The van der Waals surface area contributed by atoms with Crippen LogP contribution in [0.1, 0.15) is 18.1 Å². The van der Waals surface area contributed by atoms with Crippen molar-refractivity contribution in [2.45, 2.75) is 19.5 Å². The standard InChI is InChI=1S/C16H22FN3O/c1-13-11-19(5-6-20(13)7-8-21-2)12-15-9-14(10-18)3-4-16(15)17/h3-4,9,13H,5-8,11-12H2,1-2H3/t13-/m1/s1. The molecule has 2 rings (SSSR count). The molecule has 1 heterocycles. The van der Waals surface area contributed by atoms with E-state index < -0.39 is 0 Å². The first-order valence-electron chi connectivity index (χ1n) is 7.28. The van der Waals surface area contributed by atoms with E-state index in [0.717, 1.165) is 32.8 Å². The topological polar surface area (TPSA) is 39.5 Å². The van der Waals surface area contributed by atoms with Crippen LogP contribution in [0.4, 0.5) is 4.39 Å². The van der Waals surface area contributed by atoms with Gasteiger partial charge in [0, 0.05) is 51.4 Å². The third kappa shape index (κ3) is 4.24. The second kappa shape index (κ2) is 7.51. The molecule has 4 nitrogen and oxygen atoms in total. The zero-order valence-corrected chi connectivity index (χ0v) is 12.7. The largest absolute Gasteiger partial charge is 0.383 e. The van der Waals surface area contributed by atoms with Crippen molar-refractivity contribution in [3.8, 4) is 6.07 Å². The Hall–Kier alpha value is -1.48. The second-order valence-electron chi connectivity index (χ2n) is 5.53. The predicted molar refractivity (Wildman–Crippen MR) is 79.3 cm³/mol. The van der Waals surface area contributed by atoms with Crippen molar-refractivity contribution in [1.29, 1.82) is 5.26 Å². The quantitative estimate of drug-likeness (QED) is 0.830. The Bertz CT molecular complexity index is 515. The summed E-state index contributed by atoms with van der Waals surface area (Å²) in [4.78, 5) is 4.63. The van der Waals surface area contributed by atoms with Crippen LogP contribution in [-0.4, -0.2) is 55.7 Å². The normalized spacial score (nSPS) is 20.4. The van der Waals surface area contributed by atoms with E-state index in [-0.39, 0.29) is 5.82 Å². The van der Waals surface area contributed by atoms with Gasteiger partial charge in [-0.25, -0.2) is 4.39 Å². The first kappa shape index (κ1) is 15.9. The number of nitriles is 1. The fourth-order valence-corrected chi connectivity index (χ4v) is 2.76. The average Bonchev–Trinajstić information content (AvgIpc) is 2.49. The van der Waals surface area contributed by atoms with Crippen LogP contribution in [0.15, 0.2) is 18.2 Å². The Morgan fingerprint density at radius 1 is 1.43 bits per heavy atom. The molecular weight excluding hydrogens is 269 g/mol. The van der Waals surface area contributed by atoms with Crippen molar-refractivity contribution >= 4 is 0 Å². The summed E-state index contributed by atoms with van der Waals surface area (Å²) in [6.45, 7) is 7.19. The van der Waals surface area contributed by atoms with E-state index in [9.17, 15) is 4.39 Å². The molecule has 1 atom stereocenters. The lowest BCUT2D eigenvalue weighted by Gasteiger charge is -2.39. The maximum absolute atomic E-state index is 13.8. The molecule has 0 aromatic heterocycles. The Balaban J connectivity index is 1.95. The third-order valence-corrected chi connectivity index (χ3v) is 4.00. The molecule has 5 heteroatoms. The van der Waals surface area contributed by atoms with Gasteiger partial charge in [0.1, 0.15) is 5.82 Å². The van der Waals surface area contributed by atoms with E-state index in [0.29, 0.717) is 23.7 Å². The maximum atomic E-state index is 13.8. The van der Waals surface area contributed by atoms with Crippen LogP contribution in [0.25, 0.3) is 0 Å². The minimum atomic E-state index is -0.233. The maximum Gasteiger partial charge on any atom is 0.127 e. The van der Waals surface area contributed by atoms with Gasteiger partial charge in [0.25, 0.3) is 0 Å². The summed E-state index contributed by atoms with van der Waals surface area (Å²) >= 11 is 0. The van der Waals surface area contributed by atoms with Crippen molar-refractivity contribution in [3.63, 3.8) is 0 Å². The highest BCUT2D eigenvalue weighted by molar-refractivity contribution is 5.33. The number of halogens is 1. The number of hydrogen-bond acceptors (Lipinski definition) is 4. The summed E-state index contributed by atoms with van der Waals surface area (Å²) in [5, 5.41) is 8.91. The van der Waals surface area contributed by atoms with Gasteiger partial charge in [-0.3, -0.25) is 9.80 Å². The lowest BCUT2D eigenvalue weighted by molar-refractivity contribution is 0.0553. The van der Waals surface area contributed by atoms with Gasteiger partial charge in [0.05, 0.1) is 18.2 Å². The minimum absolute atomic E-state index is 0.233. The van der Waals surface area contributed by atoms with E-state index in [1.165, 1.54) is 12.1 Å².